The summed E-state index contributed by atoms with van der Waals surface area (Å²) in [5.41, 5.74) is 0. The van der Waals surface area contributed by atoms with Crippen LogP contribution in [-0.2, 0) is 4.79 Å². The van der Waals surface area contributed by atoms with Gasteiger partial charge in [-0.25, -0.2) is 0 Å². The Bertz CT molecular complexity index is 460. The molecule has 1 aliphatic carbocycles. The predicted octanol–water partition coefficient (Wildman–Crippen LogP) is 3.04. The molecule has 2 rings (SSSR count). The minimum Gasteiger partial charge on any atom is -0.481 e. The first-order chi connectivity index (χ1) is 9.63. The second-order valence-corrected chi connectivity index (χ2v) is 7.34. The Labute approximate surface area is 127 Å². The lowest BCUT2D eigenvalue weighted by Gasteiger charge is -2.17. The summed E-state index contributed by atoms with van der Waals surface area (Å²) in [6, 6.07) is 0.330. The number of nitrogens with zero attached hydrogens (tertiary/aromatic N) is 3. The van der Waals surface area contributed by atoms with Crippen molar-refractivity contribution in [2.24, 2.45) is 0 Å². The van der Waals surface area contributed by atoms with Gasteiger partial charge in [0.25, 0.3) is 0 Å². The van der Waals surface area contributed by atoms with Crippen molar-refractivity contribution in [2.75, 3.05) is 17.3 Å². The fraction of sp³-hybridized carbons (Fsp3) is 0.769. The number of aliphatic carboxylic acids is 1. The lowest BCUT2D eigenvalue weighted by molar-refractivity contribution is -0.133. The van der Waals surface area contributed by atoms with Crippen LogP contribution in [0.1, 0.15) is 50.9 Å². The van der Waals surface area contributed by atoms with Gasteiger partial charge < -0.3 is 9.67 Å². The van der Waals surface area contributed by atoms with Crippen LogP contribution in [0.5, 0.6) is 0 Å². The summed E-state index contributed by atoms with van der Waals surface area (Å²) in [4.78, 5) is 10.7. The predicted molar refractivity (Wildman–Crippen MR) is 82.7 cm³/mol. The average molecular weight is 315 g/mol. The Morgan fingerprint density at radius 3 is 2.85 bits per heavy atom. The largest absolute Gasteiger partial charge is 0.481 e. The first kappa shape index (κ1) is 15.7. The summed E-state index contributed by atoms with van der Waals surface area (Å²) in [6.07, 6.45) is 3.42. The number of thioether (sulfide) groups is 2. The molecule has 0 radical (unpaired) electrons. The van der Waals surface area contributed by atoms with Gasteiger partial charge >= 0.3 is 5.97 Å². The zero-order valence-electron chi connectivity index (χ0n) is 11.9. The van der Waals surface area contributed by atoms with E-state index in [1.165, 1.54) is 24.6 Å². The van der Waals surface area contributed by atoms with Gasteiger partial charge in [0.2, 0.25) is 0 Å². The molecule has 1 unspecified atom stereocenters. The summed E-state index contributed by atoms with van der Waals surface area (Å²) in [6.45, 7) is 4.34. The van der Waals surface area contributed by atoms with Crippen LogP contribution in [0.2, 0.25) is 0 Å². The molecule has 1 aliphatic rings. The summed E-state index contributed by atoms with van der Waals surface area (Å²) in [5.74, 6) is 3.05. The Kier molecular flexibility index (Phi) is 5.77. The zero-order chi connectivity index (χ0) is 14.5. The molecule has 1 atom stereocenters. The third kappa shape index (κ3) is 4.15. The van der Waals surface area contributed by atoms with Crippen molar-refractivity contribution < 1.29 is 9.90 Å². The second-order valence-electron chi connectivity index (χ2n) is 5.00. The van der Waals surface area contributed by atoms with Crippen LogP contribution in [0.25, 0.3) is 0 Å². The van der Waals surface area contributed by atoms with Gasteiger partial charge in [0.05, 0.1) is 5.75 Å². The van der Waals surface area contributed by atoms with E-state index in [1.54, 1.807) is 0 Å². The highest BCUT2D eigenvalue weighted by molar-refractivity contribution is 7.99. The molecule has 0 amide bonds. The van der Waals surface area contributed by atoms with E-state index in [0.717, 1.165) is 28.9 Å². The third-order valence-corrected chi connectivity index (χ3v) is 5.14. The Hall–Kier alpha value is -0.690. The Morgan fingerprint density at radius 2 is 2.25 bits per heavy atom. The third-order valence-electron chi connectivity index (χ3n) is 3.28. The fourth-order valence-corrected chi connectivity index (χ4v) is 3.63. The normalized spacial score (nSPS) is 16.3. The van der Waals surface area contributed by atoms with Crippen LogP contribution in [0.3, 0.4) is 0 Å². The molecule has 1 heterocycles. The van der Waals surface area contributed by atoms with Crippen molar-refractivity contribution in [2.45, 2.75) is 50.2 Å². The maximum Gasteiger partial charge on any atom is 0.313 e. The quantitative estimate of drug-likeness (QED) is 0.558. The monoisotopic (exact) mass is 315 g/mol. The summed E-state index contributed by atoms with van der Waals surface area (Å²) < 4.78 is 2.17. The first-order valence-electron chi connectivity index (χ1n) is 7.00. The molecule has 0 aromatic carbocycles. The summed E-state index contributed by atoms with van der Waals surface area (Å²) >= 11 is 3.20. The Morgan fingerprint density at radius 1 is 1.50 bits per heavy atom. The molecule has 1 N–H and O–H groups in total. The van der Waals surface area contributed by atoms with Gasteiger partial charge in [0, 0.05) is 12.0 Å². The van der Waals surface area contributed by atoms with Crippen molar-refractivity contribution in [3.63, 3.8) is 0 Å². The summed E-state index contributed by atoms with van der Waals surface area (Å²) in [5, 5.41) is 18.1. The number of rotatable bonds is 9. The van der Waals surface area contributed by atoms with Gasteiger partial charge in [-0.3, -0.25) is 4.79 Å². The standard InChI is InChI=1S/C13H21N3O2S2/c1-3-19-7-6-9(2)16-12(10-4-5-10)14-15-13(16)20-8-11(17)18/h9-10H,3-8H2,1-2H3,(H,17,18). The molecule has 1 fully saturated rings. The van der Waals surface area contributed by atoms with Gasteiger partial charge in [-0.15, -0.1) is 10.2 Å². The number of aromatic nitrogens is 3. The maximum atomic E-state index is 10.7. The molecule has 1 saturated carbocycles. The maximum absolute atomic E-state index is 10.7. The molecule has 5 nitrogen and oxygen atoms in total. The van der Waals surface area contributed by atoms with Crippen LogP contribution >= 0.6 is 23.5 Å². The van der Waals surface area contributed by atoms with Crippen molar-refractivity contribution in [3.05, 3.63) is 5.82 Å². The number of hydrogen-bond donors (Lipinski definition) is 1. The van der Waals surface area contributed by atoms with E-state index in [4.69, 9.17) is 5.11 Å². The molecule has 0 spiro atoms. The van der Waals surface area contributed by atoms with E-state index in [2.05, 4.69) is 28.6 Å². The van der Waals surface area contributed by atoms with Crippen molar-refractivity contribution in [1.82, 2.24) is 14.8 Å². The zero-order valence-corrected chi connectivity index (χ0v) is 13.5. The van der Waals surface area contributed by atoms with Gasteiger partial charge in [-0.05, 0) is 37.7 Å². The van der Waals surface area contributed by atoms with Gasteiger partial charge in [-0.2, -0.15) is 11.8 Å². The molecule has 112 valence electrons. The molecule has 1 aromatic heterocycles. The van der Waals surface area contributed by atoms with Crippen LogP contribution in [0, 0.1) is 0 Å². The molecule has 20 heavy (non-hydrogen) atoms. The highest BCUT2D eigenvalue weighted by atomic mass is 32.2. The van der Waals surface area contributed by atoms with E-state index in [1.807, 2.05) is 11.8 Å². The minimum absolute atomic E-state index is 0.0409. The smallest absolute Gasteiger partial charge is 0.313 e. The molecule has 1 aromatic rings. The number of carboxylic acid groups (broad SMARTS) is 1. The van der Waals surface area contributed by atoms with Crippen LogP contribution in [-0.4, -0.2) is 43.1 Å². The second kappa shape index (κ2) is 7.36. The van der Waals surface area contributed by atoms with Gasteiger partial charge in [0.15, 0.2) is 5.16 Å². The highest BCUT2D eigenvalue weighted by Gasteiger charge is 2.31. The topological polar surface area (TPSA) is 68.0 Å². The molecule has 7 heteroatoms. The van der Waals surface area contributed by atoms with Crippen LogP contribution < -0.4 is 0 Å². The highest BCUT2D eigenvalue weighted by Crippen LogP contribution is 2.41. The molecule has 0 aliphatic heterocycles. The number of hydrogen-bond acceptors (Lipinski definition) is 5. The lowest BCUT2D eigenvalue weighted by atomic mass is 10.2. The first-order valence-corrected chi connectivity index (χ1v) is 9.14. The van der Waals surface area contributed by atoms with E-state index >= 15 is 0 Å². The molecular weight excluding hydrogens is 294 g/mol. The lowest BCUT2D eigenvalue weighted by Crippen LogP contribution is -2.12. The van der Waals surface area contributed by atoms with Gasteiger partial charge in [-0.1, -0.05) is 18.7 Å². The number of carbonyl (C=O) groups is 1. The summed E-state index contributed by atoms with van der Waals surface area (Å²) in [7, 11) is 0. The van der Waals surface area contributed by atoms with Crippen molar-refractivity contribution in [1.29, 1.82) is 0 Å². The molecule has 0 bridgehead atoms. The molecular formula is C13H21N3O2S2. The Balaban J connectivity index is 2.09. The van der Waals surface area contributed by atoms with E-state index in [-0.39, 0.29) is 5.75 Å². The average Bonchev–Trinajstić information content (AvgIpc) is 3.16. The molecule has 0 saturated heterocycles. The van der Waals surface area contributed by atoms with Crippen LogP contribution in [0.15, 0.2) is 5.16 Å². The van der Waals surface area contributed by atoms with E-state index < -0.39 is 5.97 Å². The SMILES string of the molecule is CCSCCC(C)n1c(SCC(=O)O)nnc1C1CC1. The van der Waals surface area contributed by atoms with E-state index in [9.17, 15) is 4.79 Å². The van der Waals surface area contributed by atoms with Crippen molar-refractivity contribution in [3.8, 4) is 0 Å². The number of carboxylic acids is 1. The minimum atomic E-state index is -0.813. The van der Waals surface area contributed by atoms with Crippen molar-refractivity contribution >= 4 is 29.5 Å². The van der Waals surface area contributed by atoms with Gasteiger partial charge in [0.1, 0.15) is 5.82 Å². The van der Waals surface area contributed by atoms with Crippen LogP contribution in [0.4, 0.5) is 0 Å². The van der Waals surface area contributed by atoms with E-state index in [0.29, 0.717) is 12.0 Å². The fourth-order valence-electron chi connectivity index (χ4n) is 2.07.